The number of aromatic nitrogens is 3. The van der Waals surface area contributed by atoms with Crippen LogP contribution in [0.15, 0.2) is 18.3 Å². The summed E-state index contributed by atoms with van der Waals surface area (Å²) in [5.74, 6) is 1.17. The number of hydrogen-bond acceptors (Lipinski definition) is 5. The average Bonchev–Trinajstić information content (AvgIpc) is 2.78. The van der Waals surface area contributed by atoms with Crippen molar-refractivity contribution in [3.63, 3.8) is 0 Å². The molecule has 0 amide bonds. The second-order valence-electron chi connectivity index (χ2n) is 4.27. The lowest BCUT2D eigenvalue weighted by Gasteiger charge is -2.09. The normalized spacial score (nSPS) is 10.5. The van der Waals surface area contributed by atoms with Crippen LogP contribution in [0.4, 0.5) is 11.5 Å². The number of hydrogen-bond donors (Lipinski definition) is 2. The van der Waals surface area contributed by atoms with E-state index >= 15 is 0 Å². The minimum Gasteiger partial charge on any atom is -0.481 e. The summed E-state index contributed by atoms with van der Waals surface area (Å²) in [6, 6.07) is 3.51. The molecule has 19 heavy (non-hydrogen) atoms. The summed E-state index contributed by atoms with van der Waals surface area (Å²) >= 11 is 0. The molecule has 0 atom stereocenters. The Balaban J connectivity index is 2.13. The van der Waals surface area contributed by atoms with Crippen molar-refractivity contribution in [1.82, 2.24) is 14.8 Å². The third kappa shape index (κ3) is 2.96. The molecule has 0 saturated heterocycles. The van der Waals surface area contributed by atoms with Gasteiger partial charge in [-0.15, -0.1) is 0 Å². The minimum atomic E-state index is 0.540. The van der Waals surface area contributed by atoms with Gasteiger partial charge < -0.3 is 15.8 Å². The maximum absolute atomic E-state index is 5.88. The van der Waals surface area contributed by atoms with Gasteiger partial charge in [-0.1, -0.05) is 6.92 Å². The van der Waals surface area contributed by atoms with Crippen LogP contribution in [0.1, 0.15) is 18.2 Å². The lowest BCUT2D eigenvalue weighted by molar-refractivity contribution is 0.398. The van der Waals surface area contributed by atoms with Crippen molar-refractivity contribution in [2.45, 2.75) is 19.9 Å². The number of anilines is 2. The standard InChI is InChI=1S/C13H19N5O/c1-4-11-9(8-18(2)17-11)7-15-13-10(14)5-6-12(16-13)19-3/h5-6,8H,4,7,14H2,1-3H3,(H,15,16). The van der Waals surface area contributed by atoms with E-state index in [4.69, 9.17) is 10.5 Å². The first-order valence-corrected chi connectivity index (χ1v) is 6.19. The Labute approximate surface area is 112 Å². The van der Waals surface area contributed by atoms with Gasteiger partial charge in [0.2, 0.25) is 5.88 Å². The fourth-order valence-corrected chi connectivity index (χ4v) is 1.92. The zero-order valence-corrected chi connectivity index (χ0v) is 11.5. The van der Waals surface area contributed by atoms with Gasteiger partial charge in [0.05, 0.1) is 18.5 Å². The van der Waals surface area contributed by atoms with Gasteiger partial charge in [-0.3, -0.25) is 4.68 Å². The molecule has 0 spiro atoms. The van der Waals surface area contributed by atoms with Crippen molar-refractivity contribution in [2.24, 2.45) is 7.05 Å². The molecule has 0 saturated carbocycles. The molecule has 2 heterocycles. The first-order chi connectivity index (χ1) is 9.13. The summed E-state index contributed by atoms with van der Waals surface area (Å²) < 4.78 is 6.91. The third-order valence-corrected chi connectivity index (χ3v) is 2.88. The fourth-order valence-electron chi connectivity index (χ4n) is 1.92. The Morgan fingerprint density at radius 2 is 2.21 bits per heavy atom. The summed E-state index contributed by atoms with van der Waals surface area (Å²) in [5, 5.41) is 7.62. The molecule has 2 aromatic rings. The van der Waals surface area contributed by atoms with Crippen LogP contribution in [-0.2, 0) is 20.0 Å². The number of aryl methyl sites for hydroxylation is 2. The van der Waals surface area contributed by atoms with Gasteiger partial charge in [-0.25, -0.2) is 0 Å². The number of rotatable bonds is 5. The highest BCUT2D eigenvalue weighted by molar-refractivity contribution is 5.62. The van der Waals surface area contributed by atoms with Gasteiger partial charge in [-0.2, -0.15) is 10.1 Å². The number of methoxy groups -OCH3 is 1. The van der Waals surface area contributed by atoms with Crippen LogP contribution in [0.2, 0.25) is 0 Å². The summed E-state index contributed by atoms with van der Waals surface area (Å²) in [4.78, 5) is 4.28. The highest BCUT2D eigenvalue weighted by Gasteiger charge is 2.08. The van der Waals surface area contributed by atoms with Crippen molar-refractivity contribution >= 4 is 11.5 Å². The molecule has 6 heteroatoms. The Morgan fingerprint density at radius 1 is 1.42 bits per heavy atom. The zero-order chi connectivity index (χ0) is 13.8. The van der Waals surface area contributed by atoms with E-state index in [9.17, 15) is 0 Å². The summed E-state index contributed by atoms with van der Waals surface area (Å²) in [6.45, 7) is 2.73. The maximum Gasteiger partial charge on any atom is 0.215 e. The molecule has 3 N–H and O–H groups in total. The van der Waals surface area contributed by atoms with E-state index in [0.29, 0.717) is 23.9 Å². The van der Waals surface area contributed by atoms with E-state index in [0.717, 1.165) is 17.7 Å². The molecule has 2 aromatic heterocycles. The molecule has 2 rings (SSSR count). The number of nitrogens with zero attached hydrogens (tertiary/aromatic N) is 3. The molecular weight excluding hydrogens is 242 g/mol. The van der Waals surface area contributed by atoms with Gasteiger partial charge in [0, 0.05) is 31.4 Å². The van der Waals surface area contributed by atoms with Crippen LogP contribution in [0.5, 0.6) is 5.88 Å². The minimum absolute atomic E-state index is 0.540. The Bertz CT molecular complexity index is 564. The quantitative estimate of drug-likeness (QED) is 0.854. The number of ether oxygens (including phenoxy) is 1. The molecule has 0 aliphatic heterocycles. The molecule has 0 bridgehead atoms. The Kier molecular flexibility index (Phi) is 3.89. The largest absolute Gasteiger partial charge is 0.481 e. The van der Waals surface area contributed by atoms with E-state index in [1.54, 1.807) is 19.2 Å². The Morgan fingerprint density at radius 3 is 2.89 bits per heavy atom. The summed E-state index contributed by atoms with van der Waals surface area (Å²) in [7, 11) is 3.50. The van der Waals surface area contributed by atoms with Gasteiger partial charge >= 0.3 is 0 Å². The van der Waals surface area contributed by atoms with Gasteiger partial charge in [0.1, 0.15) is 0 Å². The van der Waals surface area contributed by atoms with Crippen molar-refractivity contribution in [2.75, 3.05) is 18.2 Å². The molecule has 0 fully saturated rings. The number of nitrogen functional groups attached to an aromatic ring is 1. The van der Waals surface area contributed by atoms with E-state index < -0.39 is 0 Å². The Hall–Kier alpha value is -2.24. The van der Waals surface area contributed by atoms with E-state index in [1.807, 2.05) is 17.9 Å². The summed E-state index contributed by atoms with van der Waals surface area (Å²) in [5.41, 5.74) is 8.71. The smallest absolute Gasteiger partial charge is 0.215 e. The monoisotopic (exact) mass is 261 g/mol. The summed E-state index contributed by atoms with van der Waals surface area (Å²) in [6.07, 6.45) is 2.90. The van der Waals surface area contributed by atoms with Crippen LogP contribution in [0, 0.1) is 0 Å². The molecule has 0 aromatic carbocycles. The van der Waals surface area contributed by atoms with Gasteiger partial charge in [0.25, 0.3) is 0 Å². The highest BCUT2D eigenvalue weighted by Crippen LogP contribution is 2.20. The molecular formula is C13H19N5O. The first-order valence-electron chi connectivity index (χ1n) is 6.19. The van der Waals surface area contributed by atoms with Crippen molar-refractivity contribution < 1.29 is 4.74 Å². The van der Waals surface area contributed by atoms with E-state index in [-0.39, 0.29) is 0 Å². The molecule has 102 valence electrons. The van der Waals surface area contributed by atoms with Crippen LogP contribution < -0.4 is 15.8 Å². The third-order valence-electron chi connectivity index (χ3n) is 2.88. The number of nitrogens with one attached hydrogen (secondary N) is 1. The predicted molar refractivity (Wildman–Crippen MR) is 75.1 cm³/mol. The first kappa shape index (κ1) is 13.2. The topological polar surface area (TPSA) is 78.0 Å². The SMILES string of the molecule is CCc1nn(C)cc1CNc1nc(OC)ccc1N. The van der Waals surface area contributed by atoms with Crippen LogP contribution in [0.25, 0.3) is 0 Å². The molecule has 0 aliphatic carbocycles. The van der Waals surface area contributed by atoms with Gasteiger partial charge in [-0.05, 0) is 12.5 Å². The molecule has 0 radical (unpaired) electrons. The average molecular weight is 261 g/mol. The molecule has 6 nitrogen and oxygen atoms in total. The maximum atomic E-state index is 5.88. The molecule has 0 unspecified atom stereocenters. The van der Waals surface area contributed by atoms with Gasteiger partial charge in [0.15, 0.2) is 5.82 Å². The van der Waals surface area contributed by atoms with Crippen LogP contribution >= 0.6 is 0 Å². The highest BCUT2D eigenvalue weighted by atomic mass is 16.5. The fraction of sp³-hybridized carbons (Fsp3) is 0.385. The van der Waals surface area contributed by atoms with Crippen LogP contribution in [-0.4, -0.2) is 21.9 Å². The second kappa shape index (κ2) is 5.60. The van der Waals surface area contributed by atoms with Crippen LogP contribution in [0.3, 0.4) is 0 Å². The number of nitrogens with two attached hydrogens (primary N) is 1. The van der Waals surface area contributed by atoms with Crippen molar-refractivity contribution in [1.29, 1.82) is 0 Å². The van der Waals surface area contributed by atoms with Crippen molar-refractivity contribution in [3.05, 3.63) is 29.6 Å². The van der Waals surface area contributed by atoms with E-state index in [2.05, 4.69) is 22.3 Å². The second-order valence-corrected chi connectivity index (χ2v) is 4.27. The zero-order valence-electron chi connectivity index (χ0n) is 11.5. The number of pyridine rings is 1. The van der Waals surface area contributed by atoms with Crippen molar-refractivity contribution in [3.8, 4) is 5.88 Å². The van der Waals surface area contributed by atoms with E-state index in [1.165, 1.54) is 0 Å². The lowest BCUT2D eigenvalue weighted by atomic mass is 10.2. The predicted octanol–water partition coefficient (Wildman–Crippen LogP) is 1.58. The lowest BCUT2D eigenvalue weighted by Crippen LogP contribution is -2.06. The molecule has 0 aliphatic rings.